The summed E-state index contributed by atoms with van der Waals surface area (Å²) in [6.07, 6.45) is 3.09. The number of nitrogens with one attached hydrogen (secondary N) is 1. The summed E-state index contributed by atoms with van der Waals surface area (Å²) in [5.74, 6) is -0.488. The Morgan fingerprint density at radius 3 is 2.68 bits per heavy atom. The van der Waals surface area contributed by atoms with Crippen molar-refractivity contribution in [2.24, 2.45) is 11.1 Å². The zero-order valence-corrected chi connectivity index (χ0v) is 13.0. The Morgan fingerprint density at radius 2 is 2.09 bits per heavy atom. The van der Waals surface area contributed by atoms with Crippen LogP contribution in [-0.2, 0) is 9.53 Å². The molecule has 0 unspecified atom stereocenters. The number of primary amides is 1. The van der Waals surface area contributed by atoms with Crippen molar-refractivity contribution in [1.82, 2.24) is 15.0 Å². The van der Waals surface area contributed by atoms with Crippen LogP contribution in [0.2, 0.25) is 0 Å². The first kappa shape index (κ1) is 15.7. The normalized spacial score (nSPS) is 11.5. The Balaban J connectivity index is 2.25. The first-order chi connectivity index (χ1) is 10.2. The largest absolute Gasteiger partial charge is 0.461 e. The van der Waals surface area contributed by atoms with Crippen LogP contribution in [0.3, 0.4) is 0 Å². The third-order valence-corrected chi connectivity index (χ3v) is 3.28. The lowest BCUT2D eigenvalue weighted by Gasteiger charge is -2.19. The van der Waals surface area contributed by atoms with Crippen molar-refractivity contribution in [1.29, 1.82) is 0 Å². The van der Waals surface area contributed by atoms with Crippen molar-refractivity contribution in [3.05, 3.63) is 18.0 Å². The van der Waals surface area contributed by atoms with Gasteiger partial charge in [-0.25, -0.2) is 14.8 Å². The van der Waals surface area contributed by atoms with Crippen molar-refractivity contribution in [2.75, 3.05) is 25.6 Å². The van der Waals surface area contributed by atoms with Gasteiger partial charge in [0.1, 0.15) is 23.5 Å². The maximum absolute atomic E-state index is 12.2. The fourth-order valence-electron chi connectivity index (χ4n) is 1.65. The molecule has 22 heavy (non-hydrogen) atoms. The molecule has 0 radical (unpaired) electrons. The van der Waals surface area contributed by atoms with Gasteiger partial charge in [0.05, 0.1) is 11.6 Å². The average Bonchev–Trinajstić information content (AvgIpc) is 2.87. The van der Waals surface area contributed by atoms with Gasteiger partial charge in [0.15, 0.2) is 5.65 Å². The van der Waals surface area contributed by atoms with E-state index in [9.17, 15) is 9.59 Å². The molecule has 0 atom stereocenters. The number of anilines is 1. The highest BCUT2D eigenvalue weighted by Crippen LogP contribution is 2.20. The van der Waals surface area contributed by atoms with E-state index >= 15 is 0 Å². The van der Waals surface area contributed by atoms with E-state index in [4.69, 9.17) is 10.5 Å². The van der Waals surface area contributed by atoms with E-state index in [2.05, 4.69) is 15.0 Å². The molecule has 1 amide bonds. The first-order valence-corrected chi connectivity index (χ1v) is 6.71. The molecule has 2 rings (SSSR count). The second kappa shape index (κ2) is 5.63. The van der Waals surface area contributed by atoms with E-state index in [0.29, 0.717) is 17.0 Å². The molecule has 0 saturated heterocycles. The average molecular weight is 305 g/mol. The Morgan fingerprint density at radius 1 is 1.41 bits per heavy atom. The smallest absolute Gasteiger partial charge is 0.342 e. The number of carbonyl (C=O) groups excluding carboxylic acids is 2. The predicted molar refractivity (Wildman–Crippen MR) is 81.5 cm³/mol. The summed E-state index contributed by atoms with van der Waals surface area (Å²) in [6.45, 7) is 3.12. The Bertz CT molecular complexity index is 720. The lowest BCUT2D eigenvalue weighted by molar-refractivity contribution is -0.127. The number of aromatic nitrogens is 3. The van der Waals surface area contributed by atoms with Crippen molar-refractivity contribution < 1.29 is 14.3 Å². The van der Waals surface area contributed by atoms with Gasteiger partial charge in [-0.15, -0.1) is 0 Å². The molecule has 8 nitrogen and oxygen atoms in total. The lowest BCUT2D eigenvalue weighted by Crippen LogP contribution is -2.36. The molecule has 2 aromatic rings. The summed E-state index contributed by atoms with van der Waals surface area (Å²) >= 11 is 0. The van der Waals surface area contributed by atoms with Crippen LogP contribution in [0.25, 0.3) is 11.2 Å². The summed E-state index contributed by atoms with van der Waals surface area (Å²) in [7, 11) is 3.66. The number of nitrogens with zero attached hydrogens (tertiary/aromatic N) is 3. The fraction of sp³-hybridized carbons (Fsp3) is 0.429. The number of fused-ring (bicyclic) bond motifs is 1. The third-order valence-electron chi connectivity index (χ3n) is 3.28. The highest BCUT2D eigenvalue weighted by molar-refractivity contribution is 6.01. The van der Waals surface area contributed by atoms with Crippen LogP contribution in [0, 0.1) is 5.41 Å². The Hall–Kier alpha value is -2.64. The van der Waals surface area contributed by atoms with E-state index in [1.165, 1.54) is 6.20 Å². The number of rotatable bonds is 5. The standard InChI is InChI=1S/C14H19N5O3/c1-14(2,13(15)21)7-22-12(20)8-5-16-11-10(8)18-9(6-17-11)19(3)4/h5-6H,7H2,1-4H3,(H2,15,21)(H,16,17). The number of carbonyl (C=O) groups is 2. The van der Waals surface area contributed by atoms with Gasteiger partial charge in [-0.05, 0) is 13.8 Å². The summed E-state index contributed by atoms with van der Waals surface area (Å²) < 4.78 is 5.18. The molecule has 0 fully saturated rings. The number of nitrogens with two attached hydrogens (primary N) is 1. The van der Waals surface area contributed by atoms with E-state index in [1.54, 1.807) is 24.9 Å². The van der Waals surface area contributed by atoms with E-state index in [-0.39, 0.29) is 12.2 Å². The number of esters is 1. The van der Waals surface area contributed by atoms with Gasteiger partial charge in [-0.3, -0.25) is 4.79 Å². The van der Waals surface area contributed by atoms with Crippen molar-refractivity contribution in [3.63, 3.8) is 0 Å². The molecule has 0 bridgehead atoms. The summed E-state index contributed by atoms with van der Waals surface area (Å²) in [5.41, 5.74) is 5.51. The van der Waals surface area contributed by atoms with Crippen LogP contribution in [0.5, 0.6) is 0 Å². The highest BCUT2D eigenvalue weighted by atomic mass is 16.5. The molecule has 2 aromatic heterocycles. The predicted octanol–water partition coefficient (Wildman–Crippen LogP) is 0.692. The van der Waals surface area contributed by atoms with Gasteiger partial charge in [-0.2, -0.15) is 0 Å². The molecular formula is C14H19N5O3. The third kappa shape index (κ3) is 3.00. The van der Waals surface area contributed by atoms with Crippen LogP contribution in [0.1, 0.15) is 24.2 Å². The van der Waals surface area contributed by atoms with Crippen molar-refractivity contribution >= 4 is 28.9 Å². The Labute approximate surface area is 127 Å². The van der Waals surface area contributed by atoms with Crippen molar-refractivity contribution in [2.45, 2.75) is 13.8 Å². The summed E-state index contributed by atoms with van der Waals surface area (Å²) in [4.78, 5) is 36.7. The van der Waals surface area contributed by atoms with E-state index in [1.807, 2.05) is 14.1 Å². The van der Waals surface area contributed by atoms with Crippen LogP contribution in [-0.4, -0.2) is 47.5 Å². The quantitative estimate of drug-likeness (QED) is 0.786. The molecule has 0 aromatic carbocycles. The van der Waals surface area contributed by atoms with Gasteiger partial charge in [0.25, 0.3) is 0 Å². The Kier molecular flexibility index (Phi) is 4.03. The summed E-state index contributed by atoms with van der Waals surface area (Å²) in [5, 5.41) is 0. The van der Waals surface area contributed by atoms with E-state index < -0.39 is 17.3 Å². The number of hydrogen-bond donors (Lipinski definition) is 2. The number of aromatic amines is 1. The second-order valence-electron chi connectivity index (χ2n) is 5.85. The molecule has 3 N–H and O–H groups in total. The number of hydrogen-bond acceptors (Lipinski definition) is 6. The molecule has 0 spiro atoms. The lowest BCUT2D eigenvalue weighted by atomic mass is 9.94. The molecular weight excluding hydrogens is 286 g/mol. The number of ether oxygens (including phenoxy) is 1. The molecule has 0 aliphatic heterocycles. The van der Waals surface area contributed by atoms with Crippen LogP contribution in [0.4, 0.5) is 5.82 Å². The fourth-order valence-corrected chi connectivity index (χ4v) is 1.65. The topological polar surface area (TPSA) is 114 Å². The van der Waals surface area contributed by atoms with E-state index in [0.717, 1.165) is 0 Å². The molecule has 0 aliphatic rings. The molecule has 2 heterocycles. The minimum atomic E-state index is -0.928. The minimum absolute atomic E-state index is 0.103. The zero-order valence-electron chi connectivity index (χ0n) is 13.0. The van der Waals surface area contributed by atoms with Crippen molar-refractivity contribution in [3.8, 4) is 0 Å². The minimum Gasteiger partial charge on any atom is -0.461 e. The monoisotopic (exact) mass is 305 g/mol. The second-order valence-corrected chi connectivity index (χ2v) is 5.85. The molecule has 0 saturated carbocycles. The maximum atomic E-state index is 12.2. The van der Waals surface area contributed by atoms with Crippen LogP contribution in [0.15, 0.2) is 12.4 Å². The number of H-pyrrole nitrogens is 1. The maximum Gasteiger partial charge on any atom is 0.342 e. The van der Waals surface area contributed by atoms with Gasteiger partial charge in [-0.1, -0.05) is 0 Å². The van der Waals surface area contributed by atoms with Gasteiger partial charge < -0.3 is 20.4 Å². The number of amides is 1. The SMILES string of the molecule is CN(C)c1cnc2[nH]cc(C(=O)OCC(C)(C)C(N)=O)c2n1. The first-order valence-electron chi connectivity index (χ1n) is 6.71. The van der Waals surface area contributed by atoms with Gasteiger partial charge >= 0.3 is 5.97 Å². The zero-order chi connectivity index (χ0) is 16.5. The van der Waals surface area contributed by atoms with Gasteiger partial charge in [0, 0.05) is 20.3 Å². The highest BCUT2D eigenvalue weighted by Gasteiger charge is 2.28. The molecule has 118 valence electrons. The molecule has 0 aliphatic carbocycles. The summed E-state index contributed by atoms with van der Waals surface area (Å²) in [6, 6.07) is 0. The van der Waals surface area contributed by atoms with Gasteiger partial charge in [0.2, 0.25) is 5.91 Å². The van der Waals surface area contributed by atoms with Crippen LogP contribution < -0.4 is 10.6 Å². The van der Waals surface area contributed by atoms with Crippen LogP contribution >= 0.6 is 0 Å². The molecule has 8 heteroatoms.